The van der Waals surface area contributed by atoms with E-state index in [0.717, 1.165) is 12.4 Å². The fourth-order valence-electron chi connectivity index (χ4n) is 1.24. The first-order chi connectivity index (χ1) is 8.22. The molecule has 0 amide bonds. The third-order valence-electron chi connectivity index (χ3n) is 2.01. The van der Waals surface area contributed by atoms with Crippen LogP contribution in [0, 0.1) is 17.1 Å². The van der Waals surface area contributed by atoms with Crippen molar-refractivity contribution >= 4 is 17.6 Å². The van der Waals surface area contributed by atoms with Crippen molar-refractivity contribution in [1.29, 1.82) is 5.26 Å². The average Bonchev–Trinajstić information content (AvgIpc) is 2.77. The van der Waals surface area contributed by atoms with E-state index in [1.54, 1.807) is 17.5 Å². The Morgan fingerprint density at radius 3 is 2.76 bits per heavy atom. The van der Waals surface area contributed by atoms with Gasteiger partial charge in [0.2, 0.25) is 0 Å². The number of carbonyl (C=O) groups is 1. The molecule has 17 heavy (non-hydrogen) atoms. The van der Waals surface area contributed by atoms with Crippen LogP contribution in [0.4, 0.5) is 4.39 Å². The predicted octanol–water partition coefficient (Wildman–Crippen LogP) is 3.36. The van der Waals surface area contributed by atoms with Gasteiger partial charge in [0.25, 0.3) is 0 Å². The first kappa shape index (κ1) is 11.3. The highest BCUT2D eigenvalue weighted by Crippen LogP contribution is 2.27. The van der Waals surface area contributed by atoms with Crippen LogP contribution in [-0.2, 0) is 0 Å². The first-order valence-corrected chi connectivity index (χ1v) is 5.52. The molecule has 1 heterocycles. The van der Waals surface area contributed by atoms with Gasteiger partial charge >= 0.3 is 0 Å². The van der Waals surface area contributed by atoms with Gasteiger partial charge in [0.15, 0.2) is 6.29 Å². The normalized spacial score (nSPS) is 9.65. The van der Waals surface area contributed by atoms with Crippen molar-refractivity contribution in [1.82, 2.24) is 0 Å². The molecule has 0 bridgehead atoms. The van der Waals surface area contributed by atoms with Gasteiger partial charge in [0, 0.05) is 17.5 Å². The second kappa shape index (κ2) is 4.76. The molecule has 0 unspecified atom stereocenters. The van der Waals surface area contributed by atoms with Crippen LogP contribution in [0.5, 0.6) is 11.5 Å². The molecule has 0 radical (unpaired) electrons. The third-order valence-corrected chi connectivity index (χ3v) is 2.84. The van der Waals surface area contributed by atoms with Crippen LogP contribution in [0.2, 0.25) is 0 Å². The minimum Gasteiger partial charge on any atom is -0.456 e. The maximum atomic E-state index is 13.3. The van der Waals surface area contributed by atoms with Gasteiger partial charge in [0.05, 0.1) is 10.4 Å². The van der Waals surface area contributed by atoms with E-state index in [0.29, 0.717) is 10.6 Å². The first-order valence-electron chi connectivity index (χ1n) is 4.64. The average molecular weight is 247 g/mol. The molecule has 0 spiro atoms. The zero-order chi connectivity index (χ0) is 12.3. The number of nitriles is 1. The van der Waals surface area contributed by atoms with Gasteiger partial charge in [-0.05, 0) is 12.1 Å². The van der Waals surface area contributed by atoms with E-state index in [2.05, 4.69) is 0 Å². The summed E-state index contributed by atoms with van der Waals surface area (Å²) in [6.45, 7) is 0. The molecule has 84 valence electrons. The number of aldehydes is 1. The third kappa shape index (κ3) is 2.49. The molecule has 2 aromatic rings. The molecule has 0 saturated heterocycles. The largest absolute Gasteiger partial charge is 0.456 e. The second-order valence-corrected chi connectivity index (χ2v) is 4.10. The Kier molecular flexibility index (Phi) is 3.17. The van der Waals surface area contributed by atoms with Gasteiger partial charge in [-0.15, -0.1) is 11.3 Å². The van der Waals surface area contributed by atoms with Crippen LogP contribution in [0.1, 0.15) is 15.2 Å². The fraction of sp³-hybridized carbons (Fsp3) is 0. The lowest BCUT2D eigenvalue weighted by atomic mass is 10.2. The summed E-state index contributed by atoms with van der Waals surface area (Å²) in [5.74, 6) is 0.133. The summed E-state index contributed by atoms with van der Waals surface area (Å²) in [7, 11) is 0. The number of carbonyl (C=O) groups excluding carboxylic acids is 1. The van der Waals surface area contributed by atoms with Crippen molar-refractivity contribution < 1.29 is 13.9 Å². The Bertz CT molecular complexity index is 601. The van der Waals surface area contributed by atoms with E-state index in [4.69, 9.17) is 10.00 Å². The highest BCUT2D eigenvalue weighted by molar-refractivity contribution is 7.11. The molecule has 0 N–H and O–H groups in total. The Hall–Kier alpha value is -2.19. The number of thiophene rings is 1. The van der Waals surface area contributed by atoms with E-state index in [1.807, 2.05) is 0 Å². The summed E-state index contributed by atoms with van der Waals surface area (Å²) < 4.78 is 18.6. The van der Waals surface area contributed by atoms with Crippen LogP contribution in [0.15, 0.2) is 29.6 Å². The summed E-state index contributed by atoms with van der Waals surface area (Å²) >= 11 is 1.24. The Balaban J connectivity index is 2.22. The van der Waals surface area contributed by atoms with E-state index >= 15 is 0 Å². The molecule has 0 atom stereocenters. The van der Waals surface area contributed by atoms with Crippen LogP contribution in [0.25, 0.3) is 0 Å². The van der Waals surface area contributed by atoms with Crippen LogP contribution in [-0.4, -0.2) is 6.29 Å². The fourth-order valence-corrected chi connectivity index (χ4v) is 1.84. The molecule has 0 fully saturated rings. The van der Waals surface area contributed by atoms with E-state index in [-0.39, 0.29) is 11.3 Å². The lowest BCUT2D eigenvalue weighted by Gasteiger charge is -2.03. The van der Waals surface area contributed by atoms with Crippen LogP contribution in [0.3, 0.4) is 0 Å². The Morgan fingerprint density at radius 1 is 1.35 bits per heavy atom. The highest BCUT2D eigenvalue weighted by Gasteiger charge is 2.05. The second-order valence-electron chi connectivity index (χ2n) is 3.16. The maximum Gasteiger partial charge on any atom is 0.160 e. The topological polar surface area (TPSA) is 50.1 Å². The van der Waals surface area contributed by atoms with Gasteiger partial charge in [-0.25, -0.2) is 4.39 Å². The number of halogens is 1. The highest BCUT2D eigenvalue weighted by atomic mass is 32.1. The number of benzene rings is 1. The summed E-state index contributed by atoms with van der Waals surface area (Å²) in [5, 5.41) is 10.2. The van der Waals surface area contributed by atoms with Crippen molar-refractivity contribution in [3.05, 3.63) is 45.9 Å². The van der Waals surface area contributed by atoms with Gasteiger partial charge in [0.1, 0.15) is 23.4 Å². The molecule has 3 nitrogen and oxygen atoms in total. The smallest absolute Gasteiger partial charge is 0.160 e. The molecule has 1 aromatic carbocycles. The molecule has 0 aliphatic rings. The number of rotatable bonds is 3. The Morgan fingerprint density at radius 2 is 2.18 bits per heavy atom. The van der Waals surface area contributed by atoms with Gasteiger partial charge in [-0.1, -0.05) is 0 Å². The molecule has 0 aliphatic heterocycles. The Labute approximate surface area is 101 Å². The monoisotopic (exact) mass is 247 g/mol. The van der Waals surface area contributed by atoms with Crippen molar-refractivity contribution in [3.63, 3.8) is 0 Å². The quantitative estimate of drug-likeness (QED) is 0.781. The number of hydrogen-bond acceptors (Lipinski definition) is 4. The van der Waals surface area contributed by atoms with Crippen molar-refractivity contribution in [2.75, 3.05) is 0 Å². The van der Waals surface area contributed by atoms with E-state index in [1.165, 1.54) is 23.5 Å². The summed E-state index contributed by atoms with van der Waals surface area (Å²) in [6.07, 6.45) is 0.719. The molecule has 2 rings (SSSR count). The minimum atomic E-state index is -0.629. The van der Waals surface area contributed by atoms with E-state index < -0.39 is 5.82 Å². The summed E-state index contributed by atoms with van der Waals surface area (Å²) in [5.41, 5.74) is -0.0313. The lowest BCUT2D eigenvalue weighted by molar-refractivity contribution is 0.112. The molecule has 1 aromatic heterocycles. The molecular weight excluding hydrogens is 241 g/mol. The van der Waals surface area contributed by atoms with Crippen LogP contribution < -0.4 is 4.74 Å². The summed E-state index contributed by atoms with van der Waals surface area (Å²) in [6, 6.07) is 7.27. The number of hydrogen-bond donors (Lipinski definition) is 0. The minimum absolute atomic E-state index is 0.0313. The standard InChI is InChI=1S/C12H6FNO2S/c13-12-4-9(2-1-8(12)5-14)16-10-3-11(6-15)17-7-10/h1-4,6-7H. The molecule has 0 aliphatic carbocycles. The van der Waals surface area contributed by atoms with Crippen molar-refractivity contribution in [2.24, 2.45) is 0 Å². The van der Waals surface area contributed by atoms with Crippen molar-refractivity contribution in [2.45, 2.75) is 0 Å². The lowest BCUT2D eigenvalue weighted by Crippen LogP contribution is -1.87. The van der Waals surface area contributed by atoms with Crippen LogP contribution >= 0.6 is 11.3 Å². The van der Waals surface area contributed by atoms with Gasteiger partial charge in [-0.2, -0.15) is 5.26 Å². The van der Waals surface area contributed by atoms with E-state index in [9.17, 15) is 9.18 Å². The van der Waals surface area contributed by atoms with Gasteiger partial charge < -0.3 is 4.74 Å². The molecule has 5 heteroatoms. The van der Waals surface area contributed by atoms with Crippen molar-refractivity contribution in [3.8, 4) is 17.6 Å². The molecular formula is C12H6FNO2S. The maximum absolute atomic E-state index is 13.3. The number of nitrogens with zero attached hydrogens (tertiary/aromatic N) is 1. The number of ether oxygens (including phenoxy) is 1. The zero-order valence-corrected chi connectivity index (χ0v) is 9.33. The SMILES string of the molecule is N#Cc1ccc(Oc2csc(C=O)c2)cc1F. The zero-order valence-electron chi connectivity index (χ0n) is 8.51. The molecule has 0 saturated carbocycles. The summed E-state index contributed by atoms with van der Waals surface area (Å²) in [4.78, 5) is 11.0. The predicted molar refractivity (Wildman–Crippen MR) is 60.9 cm³/mol. The van der Waals surface area contributed by atoms with Gasteiger partial charge in [-0.3, -0.25) is 4.79 Å².